The van der Waals surface area contributed by atoms with Crippen molar-refractivity contribution in [1.29, 1.82) is 0 Å². The van der Waals surface area contributed by atoms with E-state index in [9.17, 15) is 0 Å². The lowest BCUT2D eigenvalue weighted by atomic mass is 10.1. The van der Waals surface area contributed by atoms with Crippen LogP contribution in [0.25, 0.3) is 10.6 Å². The second-order valence-corrected chi connectivity index (χ2v) is 6.37. The third-order valence-corrected chi connectivity index (χ3v) is 4.66. The maximum Gasteiger partial charge on any atom is 0.123 e. The van der Waals surface area contributed by atoms with Crippen LogP contribution in [0.5, 0.6) is 0 Å². The maximum atomic E-state index is 5.94. The van der Waals surface area contributed by atoms with Crippen LogP contribution >= 0.6 is 11.3 Å². The predicted octanol–water partition coefficient (Wildman–Crippen LogP) is 2.36. The Hall–Kier alpha value is -1.27. The number of hydrogen-bond acceptors (Lipinski definition) is 5. The maximum absolute atomic E-state index is 5.94. The van der Waals surface area contributed by atoms with Crippen LogP contribution in [0.3, 0.4) is 0 Å². The first-order valence-electron chi connectivity index (χ1n) is 7.32. The molecule has 0 spiro atoms. The van der Waals surface area contributed by atoms with Crippen LogP contribution in [-0.4, -0.2) is 41.7 Å². The van der Waals surface area contributed by atoms with E-state index in [2.05, 4.69) is 22.4 Å². The molecule has 2 unspecified atom stereocenters. The lowest BCUT2D eigenvalue weighted by molar-refractivity contribution is -0.0406. The molecule has 5 heteroatoms. The van der Waals surface area contributed by atoms with Crippen LogP contribution < -0.4 is 5.73 Å². The van der Waals surface area contributed by atoms with Gasteiger partial charge in [-0.15, -0.1) is 11.3 Å². The van der Waals surface area contributed by atoms with Crippen LogP contribution in [0.15, 0.2) is 35.7 Å². The fraction of sp³-hybridized carbons (Fsp3) is 0.438. The van der Waals surface area contributed by atoms with Crippen molar-refractivity contribution in [2.45, 2.75) is 25.6 Å². The zero-order valence-electron chi connectivity index (χ0n) is 12.2. The summed E-state index contributed by atoms with van der Waals surface area (Å²) in [6.07, 6.45) is 0.131. The van der Waals surface area contributed by atoms with Crippen LogP contribution in [0.2, 0.25) is 0 Å². The minimum absolute atomic E-state index is 0.0723. The van der Waals surface area contributed by atoms with Gasteiger partial charge in [-0.25, -0.2) is 4.98 Å². The minimum Gasteiger partial charge on any atom is -0.374 e. The smallest absolute Gasteiger partial charge is 0.123 e. The molecule has 2 heterocycles. The van der Waals surface area contributed by atoms with Gasteiger partial charge in [0, 0.05) is 36.6 Å². The van der Waals surface area contributed by atoms with Gasteiger partial charge in [-0.2, -0.15) is 0 Å². The molecule has 4 nitrogen and oxygen atoms in total. The van der Waals surface area contributed by atoms with E-state index < -0.39 is 0 Å². The molecule has 1 saturated heterocycles. The summed E-state index contributed by atoms with van der Waals surface area (Å²) in [6, 6.07) is 10.4. The Morgan fingerprint density at radius 2 is 2.24 bits per heavy atom. The lowest BCUT2D eigenvalue weighted by Gasteiger charge is -2.34. The molecule has 2 N–H and O–H groups in total. The molecule has 1 aliphatic rings. The first-order valence-corrected chi connectivity index (χ1v) is 8.19. The highest BCUT2D eigenvalue weighted by atomic mass is 32.1. The van der Waals surface area contributed by atoms with E-state index in [1.165, 1.54) is 5.56 Å². The van der Waals surface area contributed by atoms with Crippen molar-refractivity contribution in [3.05, 3.63) is 41.4 Å². The summed E-state index contributed by atoms with van der Waals surface area (Å²) in [4.78, 5) is 7.13. The van der Waals surface area contributed by atoms with Gasteiger partial charge in [-0.05, 0) is 6.92 Å². The average molecular weight is 303 g/mol. The van der Waals surface area contributed by atoms with Gasteiger partial charge in [0.25, 0.3) is 0 Å². The molecule has 0 aliphatic carbocycles. The van der Waals surface area contributed by atoms with Crippen LogP contribution in [-0.2, 0) is 11.3 Å². The molecule has 1 aromatic carbocycles. The Labute approximate surface area is 129 Å². The molecule has 2 atom stereocenters. The lowest BCUT2D eigenvalue weighted by Crippen LogP contribution is -2.49. The number of benzene rings is 1. The predicted molar refractivity (Wildman–Crippen MR) is 86.2 cm³/mol. The molecule has 0 saturated carbocycles. The SMILES string of the molecule is CC(N)C1CN(Cc2csc(-c3ccccc3)n2)CCO1. The van der Waals surface area contributed by atoms with Gasteiger partial charge in [-0.1, -0.05) is 30.3 Å². The van der Waals surface area contributed by atoms with E-state index in [0.29, 0.717) is 0 Å². The molecule has 1 aromatic heterocycles. The quantitative estimate of drug-likeness (QED) is 0.942. The summed E-state index contributed by atoms with van der Waals surface area (Å²) < 4.78 is 5.70. The first kappa shape index (κ1) is 14.7. The topological polar surface area (TPSA) is 51.4 Å². The first-order chi connectivity index (χ1) is 10.2. The molecule has 1 aliphatic heterocycles. The molecular formula is C16H21N3OS. The highest BCUT2D eigenvalue weighted by molar-refractivity contribution is 7.13. The molecular weight excluding hydrogens is 282 g/mol. The van der Waals surface area contributed by atoms with Gasteiger partial charge in [0.1, 0.15) is 5.01 Å². The van der Waals surface area contributed by atoms with E-state index in [4.69, 9.17) is 15.5 Å². The zero-order valence-corrected chi connectivity index (χ0v) is 13.1. The van der Waals surface area contributed by atoms with Crippen molar-refractivity contribution in [2.24, 2.45) is 5.73 Å². The van der Waals surface area contributed by atoms with Gasteiger partial charge in [0.15, 0.2) is 0 Å². The summed E-state index contributed by atoms with van der Waals surface area (Å²) in [7, 11) is 0. The second kappa shape index (κ2) is 6.66. The number of nitrogens with zero attached hydrogens (tertiary/aromatic N) is 2. The van der Waals surface area contributed by atoms with Crippen molar-refractivity contribution >= 4 is 11.3 Å². The highest BCUT2D eigenvalue weighted by Gasteiger charge is 2.23. The van der Waals surface area contributed by atoms with Crippen molar-refractivity contribution < 1.29 is 4.74 Å². The molecule has 3 rings (SSSR count). The molecule has 0 amide bonds. The fourth-order valence-electron chi connectivity index (χ4n) is 2.52. The summed E-state index contributed by atoms with van der Waals surface area (Å²) in [5, 5.41) is 3.24. The molecule has 21 heavy (non-hydrogen) atoms. The summed E-state index contributed by atoms with van der Waals surface area (Å²) in [6.45, 7) is 5.46. The molecule has 0 radical (unpaired) electrons. The summed E-state index contributed by atoms with van der Waals surface area (Å²) in [5.74, 6) is 0. The highest BCUT2D eigenvalue weighted by Crippen LogP contribution is 2.24. The normalized spacial score (nSPS) is 21.3. The summed E-state index contributed by atoms with van der Waals surface area (Å²) >= 11 is 1.70. The average Bonchev–Trinajstić information content (AvgIpc) is 2.97. The number of ether oxygens (including phenoxy) is 1. The van der Waals surface area contributed by atoms with Gasteiger partial charge in [0.2, 0.25) is 0 Å². The Kier molecular flexibility index (Phi) is 4.65. The Bertz CT molecular complexity index is 570. The Morgan fingerprint density at radius 3 is 3.00 bits per heavy atom. The van der Waals surface area contributed by atoms with E-state index >= 15 is 0 Å². The Morgan fingerprint density at radius 1 is 1.43 bits per heavy atom. The van der Waals surface area contributed by atoms with Gasteiger partial charge in [0.05, 0.1) is 18.4 Å². The molecule has 112 valence electrons. The van der Waals surface area contributed by atoms with E-state index in [0.717, 1.165) is 36.9 Å². The van der Waals surface area contributed by atoms with Crippen LogP contribution in [0, 0.1) is 0 Å². The van der Waals surface area contributed by atoms with Crippen LogP contribution in [0.4, 0.5) is 0 Å². The van der Waals surface area contributed by atoms with Gasteiger partial charge < -0.3 is 10.5 Å². The van der Waals surface area contributed by atoms with Crippen molar-refractivity contribution in [2.75, 3.05) is 19.7 Å². The summed E-state index contributed by atoms with van der Waals surface area (Å²) in [5.41, 5.74) is 8.25. The minimum atomic E-state index is 0.0723. The van der Waals surface area contributed by atoms with Gasteiger partial charge >= 0.3 is 0 Å². The molecule has 0 bridgehead atoms. The molecule has 1 fully saturated rings. The Balaban J connectivity index is 1.65. The second-order valence-electron chi connectivity index (χ2n) is 5.51. The zero-order chi connectivity index (χ0) is 14.7. The number of morpholine rings is 1. The largest absolute Gasteiger partial charge is 0.374 e. The van der Waals surface area contributed by atoms with Gasteiger partial charge in [-0.3, -0.25) is 4.90 Å². The number of thiazole rings is 1. The van der Waals surface area contributed by atoms with Crippen molar-refractivity contribution in [3.8, 4) is 10.6 Å². The van der Waals surface area contributed by atoms with E-state index in [1.807, 2.05) is 25.1 Å². The van der Waals surface area contributed by atoms with Crippen molar-refractivity contribution in [3.63, 3.8) is 0 Å². The van der Waals surface area contributed by atoms with E-state index in [-0.39, 0.29) is 12.1 Å². The third-order valence-electron chi connectivity index (χ3n) is 3.72. The fourth-order valence-corrected chi connectivity index (χ4v) is 3.33. The third kappa shape index (κ3) is 3.68. The number of hydrogen-bond donors (Lipinski definition) is 1. The standard InChI is InChI=1S/C16H21N3OS/c1-12(17)15-10-19(7-8-20-15)9-14-11-21-16(18-14)13-5-3-2-4-6-13/h2-6,11-12,15H,7-10,17H2,1H3. The monoisotopic (exact) mass is 303 g/mol. The number of nitrogens with two attached hydrogens (primary N) is 1. The van der Waals surface area contributed by atoms with E-state index in [1.54, 1.807) is 11.3 Å². The van der Waals surface area contributed by atoms with Crippen LogP contribution in [0.1, 0.15) is 12.6 Å². The number of rotatable bonds is 4. The van der Waals surface area contributed by atoms with Crippen molar-refractivity contribution in [1.82, 2.24) is 9.88 Å². The molecule has 2 aromatic rings. The number of aromatic nitrogens is 1.